The lowest BCUT2D eigenvalue weighted by Crippen LogP contribution is -2.08. The van der Waals surface area contributed by atoms with E-state index in [-0.39, 0.29) is 23.0 Å². The largest absolute Gasteiger partial charge is 0.508 e. The number of nitriles is 1. The molecule has 0 fully saturated rings. The third kappa shape index (κ3) is 3.09. The number of hydrogen-bond acceptors (Lipinski definition) is 5. The van der Waals surface area contributed by atoms with Crippen LogP contribution in [0.25, 0.3) is 0 Å². The maximum absolute atomic E-state index is 10.7. The highest BCUT2D eigenvalue weighted by Gasteiger charge is 2.14. The van der Waals surface area contributed by atoms with Crippen LogP contribution in [0, 0.1) is 21.4 Å². The van der Waals surface area contributed by atoms with E-state index in [2.05, 4.69) is 5.32 Å². The molecule has 0 aliphatic heterocycles. The van der Waals surface area contributed by atoms with E-state index in [1.165, 1.54) is 18.2 Å². The molecule has 2 aromatic carbocycles. The molecule has 0 radical (unpaired) electrons. The predicted molar refractivity (Wildman–Crippen MR) is 78.0 cm³/mol. The van der Waals surface area contributed by atoms with Gasteiger partial charge < -0.3 is 10.4 Å². The number of nitrogens with zero attached hydrogens (tertiary/aromatic N) is 2. The van der Waals surface area contributed by atoms with Gasteiger partial charge in [-0.05, 0) is 19.1 Å². The zero-order valence-electron chi connectivity index (χ0n) is 11.3. The first-order valence-electron chi connectivity index (χ1n) is 6.26. The van der Waals surface area contributed by atoms with Gasteiger partial charge in [-0.1, -0.05) is 18.2 Å². The van der Waals surface area contributed by atoms with Crippen molar-refractivity contribution in [1.29, 1.82) is 5.26 Å². The molecular formula is C15H13N3O3. The summed E-state index contributed by atoms with van der Waals surface area (Å²) < 4.78 is 0. The molecule has 6 nitrogen and oxygen atoms in total. The van der Waals surface area contributed by atoms with E-state index >= 15 is 0 Å². The topological polar surface area (TPSA) is 99.2 Å². The molecular weight excluding hydrogens is 270 g/mol. The Kier molecular flexibility index (Phi) is 4.05. The lowest BCUT2D eigenvalue weighted by Gasteiger charge is -2.17. The van der Waals surface area contributed by atoms with Crippen molar-refractivity contribution in [1.82, 2.24) is 0 Å². The lowest BCUT2D eigenvalue weighted by atomic mass is 10.1. The molecule has 2 aromatic rings. The van der Waals surface area contributed by atoms with Gasteiger partial charge in [0.25, 0.3) is 5.69 Å². The normalized spacial score (nSPS) is 11.4. The van der Waals surface area contributed by atoms with Crippen molar-refractivity contribution in [2.45, 2.75) is 13.0 Å². The quantitative estimate of drug-likeness (QED) is 0.662. The number of phenolic OH excluding ortho intramolecular Hbond substituents is 1. The summed E-state index contributed by atoms with van der Waals surface area (Å²) >= 11 is 0. The van der Waals surface area contributed by atoms with Gasteiger partial charge in [0.1, 0.15) is 11.8 Å². The summed E-state index contributed by atoms with van der Waals surface area (Å²) in [4.78, 5) is 10.2. The van der Waals surface area contributed by atoms with Crippen LogP contribution in [0.2, 0.25) is 0 Å². The SMILES string of the molecule is CC(Nc1ccc([N+](=O)[O-])cc1C#N)c1ccccc1O. The number of hydrogen-bond donors (Lipinski definition) is 2. The monoisotopic (exact) mass is 283 g/mol. The van der Waals surface area contributed by atoms with Crippen LogP contribution in [0.3, 0.4) is 0 Å². The van der Waals surface area contributed by atoms with Crippen LogP contribution in [0.15, 0.2) is 42.5 Å². The Balaban J connectivity index is 2.30. The summed E-state index contributed by atoms with van der Waals surface area (Å²) in [5.74, 6) is 0.151. The van der Waals surface area contributed by atoms with E-state index in [0.717, 1.165) is 0 Å². The molecule has 2 rings (SSSR count). The third-order valence-corrected chi connectivity index (χ3v) is 3.11. The highest BCUT2D eigenvalue weighted by molar-refractivity contribution is 5.62. The van der Waals surface area contributed by atoms with E-state index < -0.39 is 4.92 Å². The number of para-hydroxylation sites is 1. The number of nitro benzene ring substituents is 1. The van der Waals surface area contributed by atoms with Gasteiger partial charge in [0.15, 0.2) is 0 Å². The number of nitro groups is 1. The van der Waals surface area contributed by atoms with E-state index in [1.807, 2.05) is 13.0 Å². The summed E-state index contributed by atoms with van der Waals surface area (Å²) in [5, 5.41) is 32.7. The molecule has 2 N–H and O–H groups in total. The molecule has 0 aliphatic carbocycles. The van der Waals surface area contributed by atoms with Gasteiger partial charge in [-0.2, -0.15) is 5.26 Å². The highest BCUT2D eigenvalue weighted by Crippen LogP contribution is 2.29. The van der Waals surface area contributed by atoms with Crippen molar-refractivity contribution < 1.29 is 10.0 Å². The fraction of sp³-hybridized carbons (Fsp3) is 0.133. The molecule has 0 bridgehead atoms. The summed E-state index contributed by atoms with van der Waals surface area (Å²) in [6.45, 7) is 1.83. The van der Waals surface area contributed by atoms with Gasteiger partial charge in [-0.25, -0.2) is 0 Å². The van der Waals surface area contributed by atoms with Gasteiger partial charge in [0.2, 0.25) is 0 Å². The van der Waals surface area contributed by atoms with Gasteiger partial charge >= 0.3 is 0 Å². The zero-order chi connectivity index (χ0) is 15.4. The number of anilines is 1. The van der Waals surface area contributed by atoms with Gasteiger partial charge in [-0.3, -0.25) is 10.1 Å². The van der Waals surface area contributed by atoms with E-state index in [0.29, 0.717) is 11.3 Å². The van der Waals surface area contributed by atoms with Crippen molar-refractivity contribution in [3.05, 3.63) is 63.7 Å². The molecule has 21 heavy (non-hydrogen) atoms. The smallest absolute Gasteiger partial charge is 0.270 e. The summed E-state index contributed by atoms with van der Waals surface area (Å²) in [6.07, 6.45) is 0. The minimum absolute atomic E-state index is 0.132. The van der Waals surface area contributed by atoms with Crippen molar-refractivity contribution in [3.8, 4) is 11.8 Å². The molecule has 0 saturated carbocycles. The molecule has 0 amide bonds. The zero-order valence-corrected chi connectivity index (χ0v) is 11.3. The van der Waals surface area contributed by atoms with Crippen molar-refractivity contribution in [2.75, 3.05) is 5.32 Å². The molecule has 6 heteroatoms. The fourth-order valence-corrected chi connectivity index (χ4v) is 2.03. The first-order valence-corrected chi connectivity index (χ1v) is 6.26. The molecule has 0 aromatic heterocycles. The number of phenols is 1. The summed E-state index contributed by atoms with van der Waals surface area (Å²) in [5.41, 5.74) is 1.22. The Hall–Kier alpha value is -3.07. The number of aromatic hydroxyl groups is 1. The predicted octanol–water partition coefficient (Wildman–Crippen LogP) is 3.35. The van der Waals surface area contributed by atoms with Gasteiger partial charge in [-0.15, -0.1) is 0 Å². The van der Waals surface area contributed by atoms with E-state index in [9.17, 15) is 15.2 Å². The van der Waals surface area contributed by atoms with Crippen LogP contribution in [0.4, 0.5) is 11.4 Å². The van der Waals surface area contributed by atoms with Gasteiger partial charge in [0.05, 0.1) is 22.2 Å². The first kappa shape index (κ1) is 14.3. The van der Waals surface area contributed by atoms with E-state index in [1.54, 1.807) is 24.3 Å². The van der Waals surface area contributed by atoms with Crippen molar-refractivity contribution in [2.24, 2.45) is 0 Å². The first-order chi connectivity index (χ1) is 10.0. The maximum atomic E-state index is 10.7. The van der Waals surface area contributed by atoms with Crippen LogP contribution in [-0.2, 0) is 0 Å². The molecule has 0 saturated heterocycles. The van der Waals surface area contributed by atoms with Crippen LogP contribution < -0.4 is 5.32 Å². The second-order valence-electron chi connectivity index (χ2n) is 4.52. The van der Waals surface area contributed by atoms with Crippen LogP contribution in [-0.4, -0.2) is 10.0 Å². The average Bonchev–Trinajstić information content (AvgIpc) is 2.47. The maximum Gasteiger partial charge on any atom is 0.270 e. The number of nitrogens with one attached hydrogen (secondary N) is 1. The third-order valence-electron chi connectivity index (χ3n) is 3.11. The van der Waals surface area contributed by atoms with Crippen molar-refractivity contribution >= 4 is 11.4 Å². The minimum atomic E-state index is -0.545. The standard InChI is InChI=1S/C15H13N3O3/c1-10(13-4-2-3-5-15(13)19)17-14-7-6-12(18(20)21)8-11(14)9-16/h2-8,10,17,19H,1H3. The Bertz CT molecular complexity index is 722. The molecule has 0 spiro atoms. The Morgan fingerprint density at radius 3 is 2.67 bits per heavy atom. The molecule has 0 aliphatic rings. The fourth-order valence-electron chi connectivity index (χ4n) is 2.03. The minimum Gasteiger partial charge on any atom is -0.508 e. The Labute approximate surface area is 121 Å². The highest BCUT2D eigenvalue weighted by atomic mass is 16.6. The van der Waals surface area contributed by atoms with E-state index in [4.69, 9.17) is 5.26 Å². The van der Waals surface area contributed by atoms with Crippen LogP contribution >= 0.6 is 0 Å². The average molecular weight is 283 g/mol. The van der Waals surface area contributed by atoms with Gasteiger partial charge in [0, 0.05) is 17.7 Å². The molecule has 1 atom stereocenters. The Morgan fingerprint density at radius 2 is 2.05 bits per heavy atom. The second-order valence-corrected chi connectivity index (χ2v) is 4.52. The summed E-state index contributed by atoms with van der Waals surface area (Å²) in [6, 6.07) is 12.6. The molecule has 106 valence electrons. The number of non-ortho nitro benzene ring substituents is 1. The number of rotatable bonds is 4. The number of benzene rings is 2. The lowest BCUT2D eigenvalue weighted by molar-refractivity contribution is -0.384. The molecule has 1 unspecified atom stereocenters. The van der Waals surface area contributed by atoms with Crippen molar-refractivity contribution in [3.63, 3.8) is 0 Å². The van der Waals surface area contributed by atoms with Crippen LogP contribution in [0.5, 0.6) is 5.75 Å². The molecule has 0 heterocycles. The second kappa shape index (κ2) is 5.92. The Morgan fingerprint density at radius 1 is 1.33 bits per heavy atom. The summed E-state index contributed by atoms with van der Waals surface area (Å²) in [7, 11) is 0. The van der Waals surface area contributed by atoms with Crippen LogP contribution in [0.1, 0.15) is 24.1 Å².